The Morgan fingerprint density at radius 1 is 1.13 bits per heavy atom. The van der Waals surface area contributed by atoms with Crippen molar-refractivity contribution in [3.8, 4) is 0 Å². The van der Waals surface area contributed by atoms with E-state index in [2.05, 4.69) is 10.3 Å². The lowest BCUT2D eigenvalue weighted by atomic mass is 9.94. The van der Waals surface area contributed by atoms with Crippen LogP contribution in [0.5, 0.6) is 0 Å². The normalized spacial score (nSPS) is 19.4. The van der Waals surface area contributed by atoms with E-state index in [0.29, 0.717) is 29.2 Å². The number of carbonyl (C=O) groups excluding carboxylic acids is 1. The van der Waals surface area contributed by atoms with Gasteiger partial charge in [-0.25, -0.2) is 4.98 Å². The summed E-state index contributed by atoms with van der Waals surface area (Å²) in [6, 6.07) is 13.2. The van der Waals surface area contributed by atoms with E-state index < -0.39 is 6.10 Å². The summed E-state index contributed by atoms with van der Waals surface area (Å²) in [5.74, 6) is -0.236. The molecule has 1 saturated carbocycles. The van der Waals surface area contributed by atoms with E-state index in [1.54, 1.807) is 12.3 Å². The second kappa shape index (κ2) is 9.02. The zero-order valence-corrected chi connectivity index (χ0v) is 17.5. The van der Waals surface area contributed by atoms with Gasteiger partial charge in [0, 0.05) is 11.6 Å². The Labute approximate surface area is 181 Å². The van der Waals surface area contributed by atoms with E-state index in [1.807, 2.05) is 36.4 Å². The molecule has 2 atom stereocenters. The van der Waals surface area contributed by atoms with E-state index in [0.717, 1.165) is 47.6 Å². The molecule has 1 aliphatic rings. The molecule has 0 saturated heterocycles. The molecule has 0 bridgehead atoms. The Bertz CT molecular complexity index is 1050. The van der Waals surface area contributed by atoms with Crippen molar-refractivity contribution < 1.29 is 9.90 Å². The number of nitrogens with zero attached hydrogens (tertiary/aromatic N) is 1. The van der Waals surface area contributed by atoms with Gasteiger partial charge in [-0.05, 0) is 47.9 Å². The Morgan fingerprint density at radius 2 is 1.90 bits per heavy atom. The second-order valence-electron chi connectivity index (χ2n) is 7.99. The molecule has 0 radical (unpaired) electrons. The lowest BCUT2D eigenvalue weighted by molar-refractivity contribution is 0.0819. The number of aliphatic hydroxyl groups is 1. The highest BCUT2D eigenvalue weighted by atomic mass is 35.5. The smallest absolute Gasteiger partial charge is 0.253 e. The van der Waals surface area contributed by atoms with Crippen molar-refractivity contribution in [1.82, 2.24) is 10.3 Å². The van der Waals surface area contributed by atoms with Crippen molar-refractivity contribution in [3.05, 3.63) is 70.5 Å². The van der Waals surface area contributed by atoms with Crippen molar-refractivity contribution in [2.75, 3.05) is 5.73 Å². The highest BCUT2D eigenvalue weighted by Gasteiger charge is 2.25. The number of amides is 1. The molecule has 0 spiro atoms. The summed E-state index contributed by atoms with van der Waals surface area (Å²) >= 11 is 5.91. The fourth-order valence-electron chi connectivity index (χ4n) is 4.24. The van der Waals surface area contributed by atoms with E-state index in [1.165, 1.54) is 0 Å². The number of rotatable bonds is 4. The van der Waals surface area contributed by atoms with Crippen LogP contribution in [0.4, 0.5) is 5.69 Å². The molecule has 1 heterocycles. The topological polar surface area (TPSA) is 88.2 Å². The minimum absolute atomic E-state index is 0.236. The van der Waals surface area contributed by atoms with Crippen molar-refractivity contribution >= 4 is 34.0 Å². The van der Waals surface area contributed by atoms with Crippen LogP contribution in [0, 0.1) is 0 Å². The molecular formula is C24H26ClN3O2. The zero-order chi connectivity index (χ0) is 21.1. The molecule has 0 unspecified atom stereocenters. The number of nitrogen functional groups attached to an aromatic ring is 1. The second-order valence-corrected chi connectivity index (χ2v) is 8.38. The van der Waals surface area contributed by atoms with Gasteiger partial charge in [-0.1, -0.05) is 61.2 Å². The van der Waals surface area contributed by atoms with Crippen molar-refractivity contribution in [3.63, 3.8) is 0 Å². The first-order chi connectivity index (χ1) is 14.5. The first kappa shape index (κ1) is 20.6. The summed E-state index contributed by atoms with van der Waals surface area (Å²) < 4.78 is 0. The van der Waals surface area contributed by atoms with Crippen LogP contribution in [0.15, 0.2) is 48.7 Å². The van der Waals surface area contributed by atoms with Crippen LogP contribution in [0.25, 0.3) is 10.8 Å². The van der Waals surface area contributed by atoms with Crippen LogP contribution < -0.4 is 11.1 Å². The van der Waals surface area contributed by atoms with E-state index >= 15 is 0 Å². The van der Waals surface area contributed by atoms with Crippen molar-refractivity contribution in [2.45, 2.75) is 50.7 Å². The van der Waals surface area contributed by atoms with E-state index in [9.17, 15) is 9.90 Å². The van der Waals surface area contributed by atoms with Gasteiger partial charge >= 0.3 is 0 Å². The summed E-state index contributed by atoms with van der Waals surface area (Å²) in [6.45, 7) is 0. The minimum Gasteiger partial charge on any atom is -0.398 e. The largest absolute Gasteiger partial charge is 0.398 e. The van der Waals surface area contributed by atoms with Crippen LogP contribution in [0.2, 0.25) is 5.15 Å². The van der Waals surface area contributed by atoms with Crippen LogP contribution >= 0.6 is 11.6 Å². The number of fused-ring (bicyclic) bond motifs is 1. The monoisotopic (exact) mass is 423 g/mol. The number of pyridine rings is 1. The molecule has 3 aromatic rings. The SMILES string of the molecule is Nc1c(C(=O)N[C@H]2CCCCC[C@@H]2O)cc(Cc2ccc(Cl)nc2)c2ccccc12. The van der Waals surface area contributed by atoms with Gasteiger partial charge in [-0.3, -0.25) is 4.79 Å². The number of halogens is 1. The Kier molecular flexibility index (Phi) is 6.21. The highest BCUT2D eigenvalue weighted by molar-refractivity contribution is 6.29. The van der Waals surface area contributed by atoms with Crippen LogP contribution in [0.3, 0.4) is 0 Å². The quantitative estimate of drug-likeness (QED) is 0.328. The fourth-order valence-corrected chi connectivity index (χ4v) is 4.35. The molecule has 156 valence electrons. The van der Waals surface area contributed by atoms with Crippen LogP contribution in [-0.2, 0) is 6.42 Å². The van der Waals surface area contributed by atoms with Gasteiger partial charge in [0.2, 0.25) is 0 Å². The maximum absolute atomic E-state index is 13.2. The molecule has 2 aromatic carbocycles. The standard InChI is InChI=1S/C24H26ClN3O2/c25-22-11-10-15(14-27-22)12-16-13-19(23(26)18-7-5-4-6-17(16)18)24(30)28-20-8-2-1-3-9-21(20)29/h4-7,10-11,13-14,20-21,29H,1-3,8-9,12,26H2,(H,28,30)/t20-,21-/m0/s1. The van der Waals surface area contributed by atoms with Gasteiger partial charge in [0.05, 0.1) is 23.4 Å². The molecule has 1 aromatic heterocycles. The molecule has 4 rings (SSSR count). The van der Waals surface area contributed by atoms with Gasteiger partial charge in [0.1, 0.15) is 5.15 Å². The van der Waals surface area contributed by atoms with E-state index in [-0.39, 0.29) is 11.9 Å². The maximum atomic E-state index is 13.2. The highest BCUT2D eigenvalue weighted by Crippen LogP contribution is 2.30. The van der Waals surface area contributed by atoms with Crippen LogP contribution in [-0.4, -0.2) is 28.1 Å². The summed E-state index contributed by atoms with van der Waals surface area (Å²) in [5, 5.41) is 15.7. The number of anilines is 1. The molecule has 30 heavy (non-hydrogen) atoms. The van der Waals surface area contributed by atoms with Gasteiger partial charge in [-0.2, -0.15) is 0 Å². The van der Waals surface area contributed by atoms with Gasteiger partial charge in [0.25, 0.3) is 5.91 Å². The summed E-state index contributed by atoms with van der Waals surface area (Å²) in [5.41, 5.74) is 9.32. The van der Waals surface area contributed by atoms with Crippen molar-refractivity contribution in [1.29, 1.82) is 0 Å². The lowest BCUT2D eigenvalue weighted by Gasteiger charge is -2.23. The third kappa shape index (κ3) is 4.42. The number of carbonyl (C=O) groups is 1. The van der Waals surface area contributed by atoms with Gasteiger partial charge in [-0.15, -0.1) is 0 Å². The first-order valence-electron chi connectivity index (χ1n) is 10.4. The molecule has 1 aliphatic carbocycles. The molecule has 1 amide bonds. The summed E-state index contributed by atoms with van der Waals surface area (Å²) in [7, 11) is 0. The summed E-state index contributed by atoms with van der Waals surface area (Å²) in [6.07, 6.45) is 6.41. The molecule has 1 fully saturated rings. The molecule has 4 N–H and O–H groups in total. The molecule has 0 aliphatic heterocycles. The number of aromatic nitrogens is 1. The molecule has 6 heteroatoms. The third-order valence-electron chi connectivity index (χ3n) is 5.90. The molecular weight excluding hydrogens is 398 g/mol. The Morgan fingerprint density at radius 3 is 2.67 bits per heavy atom. The number of hydrogen-bond acceptors (Lipinski definition) is 4. The predicted octanol–water partition coefficient (Wildman–Crippen LogP) is 4.48. The first-order valence-corrected chi connectivity index (χ1v) is 10.8. The maximum Gasteiger partial charge on any atom is 0.253 e. The number of benzene rings is 2. The minimum atomic E-state index is -0.516. The summed E-state index contributed by atoms with van der Waals surface area (Å²) in [4.78, 5) is 17.3. The van der Waals surface area contributed by atoms with Gasteiger partial charge in [0.15, 0.2) is 0 Å². The number of hydrogen-bond donors (Lipinski definition) is 3. The number of nitrogens with one attached hydrogen (secondary N) is 1. The van der Waals surface area contributed by atoms with Gasteiger partial charge < -0.3 is 16.2 Å². The molecule has 5 nitrogen and oxygen atoms in total. The van der Waals surface area contributed by atoms with Crippen LogP contribution in [0.1, 0.15) is 53.6 Å². The predicted molar refractivity (Wildman–Crippen MR) is 121 cm³/mol. The zero-order valence-electron chi connectivity index (χ0n) is 16.8. The Hall–Kier alpha value is -2.63. The third-order valence-corrected chi connectivity index (χ3v) is 6.12. The Balaban J connectivity index is 1.69. The lowest BCUT2D eigenvalue weighted by Crippen LogP contribution is -2.42. The average molecular weight is 424 g/mol. The van der Waals surface area contributed by atoms with Crippen molar-refractivity contribution in [2.24, 2.45) is 0 Å². The van der Waals surface area contributed by atoms with E-state index in [4.69, 9.17) is 17.3 Å². The number of aliphatic hydroxyl groups excluding tert-OH is 1. The fraction of sp³-hybridized carbons (Fsp3) is 0.333. The number of nitrogens with two attached hydrogens (primary N) is 1. The average Bonchev–Trinajstić information content (AvgIpc) is 2.96.